The number of amides is 1. The molecule has 0 aliphatic rings. The Bertz CT molecular complexity index is 899. The molecule has 0 spiro atoms. The number of halogens is 1. The molecule has 0 aliphatic carbocycles. The Morgan fingerprint density at radius 3 is 2.70 bits per heavy atom. The number of aromatic nitrogens is 2. The molecular weight excluding hydrogens is 386 g/mol. The number of nitrogens with zero attached hydrogens (tertiary/aromatic N) is 2. The van der Waals surface area contributed by atoms with Crippen molar-refractivity contribution in [1.82, 2.24) is 15.5 Å². The highest BCUT2D eigenvalue weighted by Gasteiger charge is 2.11. The molecule has 1 aromatic heterocycles. The molecular formula is C19H18ClN3O3S. The summed E-state index contributed by atoms with van der Waals surface area (Å²) < 4.78 is 10.7. The Labute approximate surface area is 166 Å². The van der Waals surface area contributed by atoms with Crippen molar-refractivity contribution in [3.05, 3.63) is 70.6 Å². The molecule has 0 unspecified atom stereocenters. The maximum absolute atomic E-state index is 12.0. The zero-order valence-electron chi connectivity index (χ0n) is 14.6. The van der Waals surface area contributed by atoms with Crippen LogP contribution in [-0.4, -0.2) is 29.0 Å². The Balaban J connectivity index is 1.46. The number of methoxy groups -OCH3 is 1. The highest BCUT2D eigenvalue weighted by molar-refractivity contribution is 7.99. The zero-order valence-corrected chi connectivity index (χ0v) is 16.2. The molecule has 0 radical (unpaired) electrons. The molecule has 1 N–H and O–H groups in total. The molecule has 1 heterocycles. The average Bonchev–Trinajstić information content (AvgIpc) is 3.13. The largest absolute Gasteiger partial charge is 0.497 e. The van der Waals surface area contributed by atoms with Crippen LogP contribution in [0.25, 0.3) is 0 Å². The van der Waals surface area contributed by atoms with Crippen molar-refractivity contribution in [2.45, 2.75) is 18.2 Å². The summed E-state index contributed by atoms with van der Waals surface area (Å²) in [5.41, 5.74) is 1.91. The van der Waals surface area contributed by atoms with Gasteiger partial charge in [0.15, 0.2) is 0 Å². The summed E-state index contributed by atoms with van der Waals surface area (Å²) in [5.74, 6) is 1.35. The van der Waals surface area contributed by atoms with Crippen molar-refractivity contribution < 1.29 is 13.9 Å². The van der Waals surface area contributed by atoms with Gasteiger partial charge in [0.25, 0.3) is 5.22 Å². The van der Waals surface area contributed by atoms with E-state index in [9.17, 15) is 4.79 Å². The quantitative estimate of drug-likeness (QED) is 0.577. The van der Waals surface area contributed by atoms with Crippen LogP contribution in [0.4, 0.5) is 0 Å². The van der Waals surface area contributed by atoms with Crippen LogP contribution in [0.1, 0.15) is 17.0 Å². The van der Waals surface area contributed by atoms with Gasteiger partial charge >= 0.3 is 0 Å². The summed E-state index contributed by atoms with van der Waals surface area (Å²) in [6.45, 7) is 0.381. The molecule has 0 saturated heterocycles. The van der Waals surface area contributed by atoms with Crippen LogP contribution in [0.2, 0.25) is 5.02 Å². The smallest absolute Gasteiger partial charge is 0.277 e. The molecule has 3 rings (SSSR count). The minimum Gasteiger partial charge on any atom is -0.497 e. The highest BCUT2D eigenvalue weighted by atomic mass is 35.5. The molecule has 27 heavy (non-hydrogen) atoms. The number of ether oxygens (including phenoxy) is 1. The van der Waals surface area contributed by atoms with E-state index in [0.717, 1.165) is 16.9 Å². The van der Waals surface area contributed by atoms with Gasteiger partial charge in [0.1, 0.15) is 5.75 Å². The summed E-state index contributed by atoms with van der Waals surface area (Å²) in [4.78, 5) is 12.0. The Morgan fingerprint density at radius 2 is 1.96 bits per heavy atom. The van der Waals surface area contributed by atoms with Gasteiger partial charge < -0.3 is 14.5 Å². The molecule has 1 amide bonds. The van der Waals surface area contributed by atoms with Crippen LogP contribution in [0.3, 0.4) is 0 Å². The molecule has 6 nitrogen and oxygen atoms in total. The van der Waals surface area contributed by atoms with E-state index in [1.165, 1.54) is 11.8 Å². The van der Waals surface area contributed by atoms with Crippen molar-refractivity contribution >= 4 is 29.3 Å². The summed E-state index contributed by atoms with van der Waals surface area (Å²) in [5, 5.41) is 11.8. The van der Waals surface area contributed by atoms with Gasteiger partial charge in [-0.05, 0) is 29.3 Å². The minimum absolute atomic E-state index is 0.130. The lowest BCUT2D eigenvalue weighted by Crippen LogP contribution is -2.24. The lowest BCUT2D eigenvalue weighted by molar-refractivity contribution is -0.118. The highest BCUT2D eigenvalue weighted by Crippen LogP contribution is 2.19. The summed E-state index contributed by atoms with van der Waals surface area (Å²) in [6, 6.07) is 15.0. The molecule has 8 heteroatoms. The van der Waals surface area contributed by atoms with Gasteiger partial charge in [-0.25, -0.2) is 0 Å². The lowest BCUT2D eigenvalue weighted by atomic mass is 10.1. The van der Waals surface area contributed by atoms with Crippen molar-refractivity contribution in [1.29, 1.82) is 0 Å². The predicted octanol–water partition coefficient (Wildman–Crippen LogP) is 3.73. The van der Waals surface area contributed by atoms with Crippen molar-refractivity contribution in [3.8, 4) is 5.75 Å². The number of hydrogen-bond donors (Lipinski definition) is 1. The number of carbonyl (C=O) groups is 1. The standard InChI is InChI=1S/C19H18ClN3O3S/c1-25-15-8-6-13(7-9-15)10-18-22-23-19(26-18)27-12-17(24)21-11-14-4-2-3-5-16(14)20/h2-9H,10-12H2,1H3,(H,21,24). The Kier molecular flexibility index (Phi) is 6.73. The van der Waals surface area contributed by atoms with Crippen LogP contribution in [-0.2, 0) is 17.8 Å². The van der Waals surface area contributed by atoms with E-state index in [0.29, 0.717) is 29.1 Å². The van der Waals surface area contributed by atoms with Gasteiger partial charge in [0.2, 0.25) is 11.8 Å². The van der Waals surface area contributed by atoms with Crippen LogP contribution in [0.5, 0.6) is 5.75 Å². The third kappa shape index (κ3) is 5.74. The maximum atomic E-state index is 12.0. The fourth-order valence-corrected chi connectivity index (χ4v) is 3.11. The summed E-state index contributed by atoms with van der Waals surface area (Å²) in [6.07, 6.45) is 0.524. The SMILES string of the molecule is COc1ccc(Cc2nnc(SCC(=O)NCc3ccccc3Cl)o2)cc1. The van der Waals surface area contributed by atoms with Crippen molar-refractivity contribution in [2.24, 2.45) is 0 Å². The van der Waals surface area contributed by atoms with E-state index >= 15 is 0 Å². The normalized spacial score (nSPS) is 10.6. The fraction of sp³-hybridized carbons (Fsp3) is 0.211. The molecule has 0 saturated carbocycles. The van der Waals surface area contributed by atoms with Crippen molar-refractivity contribution in [3.63, 3.8) is 0 Å². The number of carbonyl (C=O) groups excluding carboxylic acids is 1. The summed E-state index contributed by atoms with van der Waals surface area (Å²) in [7, 11) is 1.63. The van der Waals surface area contributed by atoms with Gasteiger partial charge in [-0.1, -0.05) is 53.7 Å². The number of nitrogens with one attached hydrogen (secondary N) is 1. The summed E-state index contributed by atoms with van der Waals surface area (Å²) >= 11 is 7.27. The fourth-order valence-electron chi connectivity index (χ4n) is 2.30. The second kappa shape index (κ2) is 9.43. The van der Waals surface area contributed by atoms with E-state index in [2.05, 4.69) is 15.5 Å². The van der Waals surface area contributed by atoms with Crippen LogP contribution < -0.4 is 10.1 Å². The second-order valence-electron chi connectivity index (χ2n) is 5.64. The van der Waals surface area contributed by atoms with Crippen LogP contribution in [0, 0.1) is 0 Å². The Morgan fingerprint density at radius 1 is 1.19 bits per heavy atom. The molecule has 0 aliphatic heterocycles. The molecule has 2 aromatic carbocycles. The van der Waals surface area contributed by atoms with E-state index in [1.54, 1.807) is 13.2 Å². The third-order valence-corrected chi connectivity index (χ3v) is 4.91. The minimum atomic E-state index is -0.130. The molecule has 3 aromatic rings. The van der Waals surface area contributed by atoms with E-state index in [1.807, 2.05) is 42.5 Å². The van der Waals surface area contributed by atoms with E-state index < -0.39 is 0 Å². The first-order valence-corrected chi connectivity index (χ1v) is 9.58. The van der Waals surface area contributed by atoms with Crippen molar-refractivity contribution in [2.75, 3.05) is 12.9 Å². The number of hydrogen-bond acceptors (Lipinski definition) is 6. The number of rotatable bonds is 8. The molecule has 0 fully saturated rings. The number of thioether (sulfide) groups is 1. The predicted molar refractivity (Wildman–Crippen MR) is 104 cm³/mol. The van der Waals surface area contributed by atoms with Gasteiger partial charge in [-0.15, -0.1) is 10.2 Å². The second-order valence-corrected chi connectivity index (χ2v) is 6.98. The molecule has 0 atom stereocenters. The molecule has 140 valence electrons. The van der Waals surface area contributed by atoms with E-state index in [4.69, 9.17) is 20.8 Å². The van der Waals surface area contributed by atoms with E-state index in [-0.39, 0.29) is 11.7 Å². The average molecular weight is 404 g/mol. The van der Waals surface area contributed by atoms with Gasteiger partial charge in [-0.3, -0.25) is 4.79 Å². The van der Waals surface area contributed by atoms with Crippen LogP contribution >= 0.6 is 23.4 Å². The first-order chi connectivity index (χ1) is 13.1. The third-order valence-electron chi connectivity index (χ3n) is 3.72. The van der Waals surface area contributed by atoms with Gasteiger partial charge in [0, 0.05) is 11.6 Å². The topological polar surface area (TPSA) is 77.2 Å². The first kappa shape index (κ1) is 19.3. The monoisotopic (exact) mass is 403 g/mol. The first-order valence-electron chi connectivity index (χ1n) is 8.22. The number of benzene rings is 2. The lowest BCUT2D eigenvalue weighted by Gasteiger charge is -2.05. The van der Waals surface area contributed by atoms with Gasteiger partial charge in [-0.2, -0.15) is 0 Å². The van der Waals surface area contributed by atoms with Gasteiger partial charge in [0.05, 0.1) is 19.3 Å². The van der Waals surface area contributed by atoms with Crippen LogP contribution in [0.15, 0.2) is 58.2 Å². The molecule has 0 bridgehead atoms. The maximum Gasteiger partial charge on any atom is 0.277 e. The Hall–Kier alpha value is -2.51. The zero-order chi connectivity index (χ0) is 19.1.